The molecule has 1 saturated heterocycles. The van der Waals surface area contributed by atoms with Gasteiger partial charge in [-0.3, -0.25) is 28.8 Å². The van der Waals surface area contributed by atoms with Crippen LogP contribution < -0.4 is 27.0 Å². The number of phenols is 1. The fraction of sp³-hybridized carbons (Fsp3) is 0.571. The zero-order valence-electron chi connectivity index (χ0n) is 24.2. The molecule has 2 rings (SSSR count). The van der Waals surface area contributed by atoms with Crippen molar-refractivity contribution in [2.75, 3.05) is 6.54 Å². The van der Waals surface area contributed by atoms with E-state index in [1.165, 1.54) is 37.8 Å². The first kappa shape index (κ1) is 33.0. The summed E-state index contributed by atoms with van der Waals surface area (Å²) < 4.78 is 0. The molecule has 13 nitrogen and oxygen atoms in total. The van der Waals surface area contributed by atoms with Crippen LogP contribution in [0, 0.1) is 5.92 Å². The van der Waals surface area contributed by atoms with Gasteiger partial charge in [0.05, 0.1) is 0 Å². The van der Waals surface area contributed by atoms with Gasteiger partial charge < -0.3 is 37.0 Å². The van der Waals surface area contributed by atoms with Gasteiger partial charge in [-0.1, -0.05) is 32.4 Å². The number of hydrogen-bond donors (Lipinski definition) is 6. The van der Waals surface area contributed by atoms with Gasteiger partial charge in [0.15, 0.2) is 0 Å². The highest BCUT2D eigenvalue weighted by Gasteiger charge is 2.39. The monoisotopic (exact) mass is 574 g/mol. The van der Waals surface area contributed by atoms with Crippen molar-refractivity contribution in [3.05, 3.63) is 29.8 Å². The van der Waals surface area contributed by atoms with Crippen molar-refractivity contribution in [3.8, 4) is 5.75 Å². The molecule has 13 heteroatoms. The van der Waals surface area contributed by atoms with Gasteiger partial charge >= 0.3 is 0 Å². The number of primary amides is 1. The number of phenolic OH excluding ortho intramolecular Hbond substituents is 1. The van der Waals surface area contributed by atoms with Crippen LogP contribution in [0.5, 0.6) is 5.75 Å². The van der Waals surface area contributed by atoms with Crippen LogP contribution >= 0.6 is 0 Å². The van der Waals surface area contributed by atoms with E-state index < -0.39 is 65.7 Å². The molecule has 0 bridgehead atoms. The molecule has 1 aromatic rings. The largest absolute Gasteiger partial charge is 0.508 e. The summed E-state index contributed by atoms with van der Waals surface area (Å²) in [4.78, 5) is 77.1. The predicted molar refractivity (Wildman–Crippen MR) is 150 cm³/mol. The lowest BCUT2D eigenvalue weighted by Crippen LogP contribution is -2.59. The number of carbonyl (C=O) groups is 6. The van der Waals surface area contributed by atoms with Crippen molar-refractivity contribution in [1.29, 1.82) is 0 Å². The van der Waals surface area contributed by atoms with Gasteiger partial charge in [0.2, 0.25) is 35.4 Å². The van der Waals surface area contributed by atoms with Crippen molar-refractivity contribution in [2.45, 2.75) is 90.5 Å². The Balaban J connectivity index is 2.23. The minimum absolute atomic E-state index is 0.0341. The van der Waals surface area contributed by atoms with E-state index in [1.807, 2.05) is 6.92 Å². The molecule has 1 fully saturated rings. The summed E-state index contributed by atoms with van der Waals surface area (Å²) in [5, 5.41) is 20.0. The fourth-order valence-electron chi connectivity index (χ4n) is 4.62. The smallest absolute Gasteiger partial charge is 0.246 e. The Morgan fingerprint density at radius 2 is 1.54 bits per heavy atom. The predicted octanol–water partition coefficient (Wildman–Crippen LogP) is -0.544. The number of rotatable bonds is 13. The maximum absolute atomic E-state index is 13.8. The number of nitrogens with one attached hydrogen (secondary N) is 4. The highest BCUT2D eigenvalue weighted by atomic mass is 16.3. The summed E-state index contributed by atoms with van der Waals surface area (Å²) in [6.07, 6.45) is 1.58. The molecule has 226 valence electrons. The number of likely N-dealkylation sites (tertiary alicyclic amines) is 1. The summed E-state index contributed by atoms with van der Waals surface area (Å²) in [5.74, 6) is -3.46. The number of hydrogen-bond acceptors (Lipinski definition) is 7. The van der Waals surface area contributed by atoms with Crippen LogP contribution in [0.3, 0.4) is 0 Å². The Bertz CT molecular complexity index is 1130. The quantitative estimate of drug-likeness (QED) is 0.182. The minimum atomic E-state index is -1.10. The summed E-state index contributed by atoms with van der Waals surface area (Å²) in [7, 11) is 0. The molecule has 41 heavy (non-hydrogen) atoms. The summed E-state index contributed by atoms with van der Waals surface area (Å²) in [5.41, 5.74) is 6.15. The molecule has 1 aliphatic rings. The lowest BCUT2D eigenvalue weighted by molar-refractivity contribution is -0.142. The van der Waals surface area contributed by atoms with Crippen LogP contribution in [0.25, 0.3) is 0 Å². The van der Waals surface area contributed by atoms with Crippen LogP contribution in [0.15, 0.2) is 24.3 Å². The molecule has 7 N–H and O–H groups in total. The van der Waals surface area contributed by atoms with Gasteiger partial charge in [-0.2, -0.15) is 0 Å². The second-order valence-electron chi connectivity index (χ2n) is 10.5. The van der Waals surface area contributed by atoms with Crippen LogP contribution in [0.2, 0.25) is 0 Å². The maximum Gasteiger partial charge on any atom is 0.246 e. The Morgan fingerprint density at radius 3 is 2.10 bits per heavy atom. The molecule has 1 aliphatic heterocycles. The third kappa shape index (κ3) is 9.47. The van der Waals surface area contributed by atoms with E-state index >= 15 is 0 Å². The number of benzene rings is 1. The summed E-state index contributed by atoms with van der Waals surface area (Å²) >= 11 is 0. The molecule has 1 aromatic carbocycles. The number of nitrogens with zero attached hydrogens (tertiary/aromatic N) is 1. The van der Waals surface area contributed by atoms with Gasteiger partial charge in [0.1, 0.15) is 36.0 Å². The number of aromatic hydroxyl groups is 1. The molecule has 6 atom stereocenters. The van der Waals surface area contributed by atoms with E-state index in [0.717, 1.165) is 0 Å². The Labute approximate surface area is 240 Å². The molecule has 0 spiro atoms. The first-order valence-electron chi connectivity index (χ1n) is 13.8. The summed E-state index contributed by atoms with van der Waals surface area (Å²) in [6, 6.07) is 1.37. The first-order chi connectivity index (χ1) is 19.2. The van der Waals surface area contributed by atoms with E-state index in [2.05, 4.69) is 21.3 Å². The Morgan fingerprint density at radius 1 is 0.951 bits per heavy atom. The molecule has 0 saturated carbocycles. The molecule has 6 amide bonds. The lowest BCUT2D eigenvalue weighted by Gasteiger charge is -2.31. The highest BCUT2D eigenvalue weighted by Crippen LogP contribution is 2.21. The maximum atomic E-state index is 13.8. The molecule has 0 aliphatic carbocycles. The Hall–Kier alpha value is -4.16. The van der Waals surface area contributed by atoms with Crippen LogP contribution in [-0.4, -0.2) is 82.2 Å². The van der Waals surface area contributed by atoms with Gasteiger partial charge in [-0.05, 0) is 50.3 Å². The zero-order valence-corrected chi connectivity index (χ0v) is 24.2. The van der Waals surface area contributed by atoms with Crippen LogP contribution in [0.4, 0.5) is 0 Å². The third-order valence-electron chi connectivity index (χ3n) is 7.21. The molecular formula is C28H42N6O7. The fourth-order valence-corrected chi connectivity index (χ4v) is 4.62. The summed E-state index contributed by atoms with van der Waals surface area (Å²) in [6.45, 7) is 8.13. The van der Waals surface area contributed by atoms with Gasteiger partial charge in [-0.15, -0.1) is 0 Å². The highest BCUT2D eigenvalue weighted by molar-refractivity contribution is 5.96. The number of amides is 6. The van der Waals surface area contributed by atoms with Crippen molar-refractivity contribution >= 4 is 35.4 Å². The standard InChI is InChI=1S/C28H42N6O7/c1-6-15(2)23(24(29)37)33-27(40)22-8-7-13-34(22)28(41)21(14-19-9-11-20(36)12-10-19)32-26(39)17(4)31-25(38)16(3)30-18(5)35/h9-12,15-17,21-23,36H,6-8,13-14H2,1-5H3,(H2,29,37)(H,30,35)(H,31,38)(H,32,39)(H,33,40)/t15?,16-,17-,21+,22-,23-/m0/s1. The van der Waals surface area contributed by atoms with Crippen molar-refractivity contribution in [2.24, 2.45) is 11.7 Å². The topological polar surface area (TPSA) is 200 Å². The van der Waals surface area contributed by atoms with Gasteiger partial charge in [-0.25, -0.2) is 0 Å². The Kier molecular flexibility index (Phi) is 12.1. The third-order valence-corrected chi connectivity index (χ3v) is 7.21. The molecule has 1 heterocycles. The van der Waals surface area contributed by atoms with Crippen molar-refractivity contribution < 1.29 is 33.9 Å². The number of carbonyl (C=O) groups excluding carboxylic acids is 6. The van der Waals surface area contributed by atoms with Gasteiger partial charge in [0.25, 0.3) is 0 Å². The molecule has 0 aromatic heterocycles. The molecule has 0 radical (unpaired) electrons. The van der Waals surface area contributed by atoms with Crippen molar-refractivity contribution in [3.63, 3.8) is 0 Å². The van der Waals surface area contributed by atoms with E-state index in [9.17, 15) is 33.9 Å². The second kappa shape index (κ2) is 15.0. The normalized spacial score (nSPS) is 18.3. The number of nitrogens with two attached hydrogens (primary N) is 1. The SMILES string of the molecule is CCC(C)[C@H](NC(=O)[C@@H]1CCCN1C(=O)[C@@H](Cc1ccc(O)cc1)NC(=O)[C@H](C)NC(=O)[C@H](C)NC(C)=O)C(N)=O. The van der Waals surface area contributed by atoms with Crippen LogP contribution in [0.1, 0.15) is 59.4 Å². The van der Waals surface area contributed by atoms with E-state index in [-0.39, 0.29) is 24.6 Å². The van der Waals surface area contributed by atoms with E-state index in [4.69, 9.17) is 5.73 Å². The molecular weight excluding hydrogens is 532 g/mol. The van der Waals surface area contributed by atoms with Crippen molar-refractivity contribution in [1.82, 2.24) is 26.2 Å². The second-order valence-corrected chi connectivity index (χ2v) is 10.5. The minimum Gasteiger partial charge on any atom is -0.508 e. The zero-order chi connectivity index (χ0) is 30.9. The average molecular weight is 575 g/mol. The molecule has 1 unspecified atom stereocenters. The van der Waals surface area contributed by atoms with E-state index in [0.29, 0.717) is 24.8 Å². The lowest BCUT2D eigenvalue weighted by atomic mass is 9.98. The van der Waals surface area contributed by atoms with E-state index in [1.54, 1.807) is 19.1 Å². The van der Waals surface area contributed by atoms with Gasteiger partial charge in [0, 0.05) is 19.9 Å². The average Bonchev–Trinajstić information content (AvgIpc) is 3.41. The van der Waals surface area contributed by atoms with Crippen LogP contribution in [-0.2, 0) is 35.2 Å². The first-order valence-corrected chi connectivity index (χ1v) is 13.8.